The van der Waals surface area contributed by atoms with Crippen molar-refractivity contribution in [3.63, 3.8) is 0 Å². The lowest BCUT2D eigenvalue weighted by Crippen LogP contribution is -2.40. The maximum atomic E-state index is 11.7. The second-order valence-electron chi connectivity index (χ2n) is 3.81. The predicted molar refractivity (Wildman–Crippen MR) is 62.0 cm³/mol. The van der Waals surface area contributed by atoms with E-state index in [9.17, 15) is 9.59 Å². The Hall–Kier alpha value is -1.30. The van der Waals surface area contributed by atoms with Crippen molar-refractivity contribution < 1.29 is 9.59 Å². The van der Waals surface area contributed by atoms with Gasteiger partial charge in [-0.25, -0.2) is 0 Å². The number of halogens is 1. The van der Waals surface area contributed by atoms with Gasteiger partial charge in [-0.3, -0.25) is 9.59 Å². The molecule has 2 N–H and O–H groups in total. The normalized spacial score (nSPS) is 20.2. The molecule has 0 aliphatic carbocycles. The molecular weight excluding hydrogens is 274 g/mol. The number of nitrogens with one attached hydrogen (secondary N) is 2. The molecular formula is C10H12BrN3O2. The Balaban J connectivity index is 2.01. The quantitative estimate of drug-likeness (QED) is 0.842. The number of likely N-dealkylation sites (N-methyl/N-ethyl adjacent to an activating group) is 1. The molecule has 1 aromatic rings. The number of likely N-dealkylation sites (tertiary alicyclic amines) is 1. The molecule has 1 aliphatic rings. The van der Waals surface area contributed by atoms with E-state index >= 15 is 0 Å². The first-order valence-corrected chi connectivity index (χ1v) is 5.77. The van der Waals surface area contributed by atoms with E-state index in [0.717, 1.165) is 4.47 Å². The van der Waals surface area contributed by atoms with E-state index in [2.05, 4.69) is 26.2 Å². The van der Waals surface area contributed by atoms with Gasteiger partial charge in [0.2, 0.25) is 5.91 Å². The molecule has 1 fully saturated rings. The predicted octanol–water partition coefficient (Wildman–Crippen LogP) is 0.738. The van der Waals surface area contributed by atoms with Crippen LogP contribution in [0.3, 0.4) is 0 Å². The Labute approximate surface area is 101 Å². The van der Waals surface area contributed by atoms with Crippen LogP contribution >= 0.6 is 15.9 Å². The van der Waals surface area contributed by atoms with Crippen LogP contribution in [0.5, 0.6) is 0 Å². The average molecular weight is 286 g/mol. The number of hydrogen-bond acceptors (Lipinski definition) is 2. The summed E-state index contributed by atoms with van der Waals surface area (Å²) in [5.74, 6) is -0.279. The molecule has 0 bridgehead atoms. The first-order valence-electron chi connectivity index (χ1n) is 4.97. The topological polar surface area (TPSA) is 65.2 Å². The number of carbonyl (C=O) groups excluding carboxylic acids is 2. The number of H-pyrrole nitrogens is 1. The number of nitrogens with zero attached hydrogens (tertiary/aromatic N) is 1. The summed E-state index contributed by atoms with van der Waals surface area (Å²) < 4.78 is 0.813. The van der Waals surface area contributed by atoms with E-state index in [1.807, 2.05) is 0 Å². The van der Waals surface area contributed by atoms with Crippen molar-refractivity contribution in [3.8, 4) is 0 Å². The van der Waals surface area contributed by atoms with Crippen LogP contribution < -0.4 is 5.32 Å². The van der Waals surface area contributed by atoms with Crippen LogP contribution in [0.25, 0.3) is 0 Å². The largest absolute Gasteiger partial charge is 0.356 e. The molecule has 6 heteroatoms. The number of carbonyl (C=O) groups is 2. The Morgan fingerprint density at radius 3 is 2.94 bits per heavy atom. The van der Waals surface area contributed by atoms with Crippen LogP contribution in [-0.2, 0) is 4.79 Å². The van der Waals surface area contributed by atoms with Gasteiger partial charge in [0, 0.05) is 24.3 Å². The summed E-state index contributed by atoms with van der Waals surface area (Å²) in [6.45, 7) is 0.693. The van der Waals surface area contributed by atoms with Gasteiger partial charge < -0.3 is 15.2 Å². The highest BCUT2D eigenvalue weighted by atomic mass is 79.9. The van der Waals surface area contributed by atoms with Gasteiger partial charge in [0.25, 0.3) is 5.91 Å². The van der Waals surface area contributed by atoms with Gasteiger partial charge in [-0.05, 0) is 28.4 Å². The second kappa shape index (κ2) is 4.29. The molecule has 1 aliphatic heterocycles. The van der Waals surface area contributed by atoms with Crippen molar-refractivity contribution in [2.45, 2.75) is 12.5 Å². The lowest BCUT2D eigenvalue weighted by molar-refractivity contribution is -0.128. The summed E-state index contributed by atoms with van der Waals surface area (Å²) in [7, 11) is 1.74. The fraction of sp³-hybridized carbons (Fsp3) is 0.400. The van der Waals surface area contributed by atoms with Crippen LogP contribution in [0.1, 0.15) is 16.9 Å². The van der Waals surface area contributed by atoms with E-state index < -0.39 is 0 Å². The molecule has 16 heavy (non-hydrogen) atoms. The van der Waals surface area contributed by atoms with Gasteiger partial charge in [0.1, 0.15) is 11.7 Å². The van der Waals surface area contributed by atoms with E-state index in [0.29, 0.717) is 18.7 Å². The average Bonchev–Trinajstić information content (AvgIpc) is 2.79. The number of amides is 2. The van der Waals surface area contributed by atoms with Crippen LogP contribution in [0.4, 0.5) is 0 Å². The van der Waals surface area contributed by atoms with Crippen LogP contribution in [0.2, 0.25) is 0 Å². The highest BCUT2D eigenvalue weighted by molar-refractivity contribution is 9.10. The van der Waals surface area contributed by atoms with Crippen LogP contribution in [-0.4, -0.2) is 41.3 Å². The number of hydrogen-bond donors (Lipinski definition) is 2. The summed E-state index contributed by atoms with van der Waals surface area (Å²) in [6.07, 6.45) is 2.35. The van der Waals surface area contributed by atoms with Gasteiger partial charge in [-0.15, -0.1) is 0 Å². The summed E-state index contributed by atoms with van der Waals surface area (Å²) in [5.41, 5.74) is 0.453. The molecule has 0 unspecified atom stereocenters. The van der Waals surface area contributed by atoms with Crippen molar-refractivity contribution in [1.82, 2.24) is 15.2 Å². The molecule has 1 saturated heterocycles. The highest BCUT2D eigenvalue weighted by Gasteiger charge is 2.30. The van der Waals surface area contributed by atoms with Gasteiger partial charge >= 0.3 is 0 Å². The van der Waals surface area contributed by atoms with Crippen molar-refractivity contribution in [1.29, 1.82) is 0 Å². The fourth-order valence-electron chi connectivity index (χ4n) is 1.69. The second-order valence-corrected chi connectivity index (χ2v) is 4.72. The molecule has 0 aromatic carbocycles. The monoisotopic (exact) mass is 285 g/mol. The molecule has 1 aromatic heterocycles. The Bertz CT molecular complexity index is 429. The van der Waals surface area contributed by atoms with E-state index in [4.69, 9.17) is 0 Å². The van der Waals surface area contributed by atoms with Crippen molar-refractivity contribution in [3.05, 3.63) is 22.4 Å². The third-order valence-corrected chi connectivity index (χ3v) is 3.08. The SMILES string of the molecule is CN1CC[C@H](NC(=O)c2cc(Br)c[nH]2)C1=O. The van der Waals surface area contributed by atoms with Gasteiger partial charge in [0.05, 0.1) is 0 Å². The molecule has 0 spiro atoms. The molecule has 0 saturated carbocycles. The molecule has 2 rings (SSSR count). The third kappa shape index (κ3) is 2.11. The maximum Gasteiger partial charge on any atom is 0.268 e. The van der Waals surface area contributed by atoms with E-state index in [1.54, 1.807) is 24.2 Å². The summed E-state index contributed by atoms with van der Waals surface area (Å²) in [5, 5.41) is 2.71. The number of aromatic amines is 1. The van der Waals surface area contributed by atoms with Gasteiger partial charge in [0.15, 0.2) is 0 Å². The zero-order valence-electron chi connectivity index (χ0n) is 8.79. The first kappa shape index (κ1) is 11.2. The maximum absolute atomic E-state index is 11.7. The summed E-state index contributed by atoms with van der Waals surface area (Å²) >= 11 is 3.25. The number of rotatable bonds is 2. The lowest BCUT2D eigenvalue weighted by atomic mass is 10.2. The Kier molecular flexibility index (Phi) is 3.00. The number of aromatic nitrogens is 1. The van der Waals surface area contributed by atoms with Crippen LogP contribution in [0.15, 0.2) is 16.7 Å². The molecule has 5 nitrogen and oxygen atoms in total. The van der Waals surface area contributed by atoms with Crippen molar-refractivity contribution >= 4 is 27.7 Å². The minimum absolute atomic E-state index is 0.0287. The molecule has 2 heterocycles. The summed E-state index contributed by atoms with van der Waals surface area (Å²) in [6, 6.07) is 1.29. The highest BCUT2D eigenvalue weighted by Crippen LogP contribution is 2.12. The van der Waals surface area contributed by atoms with Gasteiger partial charge in [-0.1, -0.05) is 0 Å². The minimum Gasteiger partial charge on any atom is -0.356 e. The molecule has 0 radical (unpaired) electrons. The van der Waals surface area contributed by atoms with Crippen molar-refractivity contribution in [2.75, 3.05) is 13.6 Å². The zero-order valence-corrected chi connectivity index (χ0v) is 10.4. The standard InChI is InChI=1S/C10H12BrN3O2/c1-14-3-2-7(10(14)16)13-9(15)8-4-6(11)5-12-8/h4-5,7,12H,2-3H2,1H3,(H,13,15)/t7-/m0/s1. The minimum atomic E-state index is -0.389. The zero-order chi connectivity index (χ0) is 11.7. The smallest absolute Gasteiger partial charge is 0.268 e. The molecule has 86 valence electrons. The lowest BCUT2D eigenvalue weighted by Gasteiger charge is -2.11. The van der Waals surface area contributed by atoms with Gasteiger partial charge in [-0.2, -0.15) is 0 Å². The Morgan fingerprint density at radius 2 is 2.44 bits per heavy atom. The van der Waals surface area contributed by atoms with E-state index in [1.165, 1.54) is 0 Å². The first-order chi connectivity index (χ1) is 7.58. The fourth-order valence-corrected chi connectivity index (χ4v) is 2.03. The molecule has 1 atom stereocenters. The van der Waals surface area contributed by atoms with Crippen molar-refractivity contribution in [2.24, 2.45) is 0 Å². The Morgan fingerprint density at radius 1 is 1.69 bits per heavy atom. The molecule has 2 amide bonds. The van der Waals surface area contributed by atoms with E-state index in [-0.39, 0.29) is 17.9 Å². The third-order valence-electron chi connectivity index (χ3n) is 2.63. The van der Waals surface area contributed by atoms with Crippen LogP contribution in [0, 0.1) is 0 Å². The summed E-state index contributed by atoms with van der Waals surface area (Å²) in [4.78, 5) is 27.7.